The first-order chi connectivity index (χ1) is 9.99. The lowest BCUT2D eigenvalue weighted by Crippen LogP contribution is -2.00. The number of hydrogen-bond donors (Lipinski definition) is 1. The molecule has 2 aromatic carbocycles. The Morgan fingerprint density at radius 3 is 2.71 bits per heavy atom. The van der Waals surface area contributed by atoms with Crippen molar-refractivity contribution in [3.8, 4) is 5.69 Å². The average Bonchev–Trinajstić information content (AvgIpc) is 2.77. The smallest absolute Gasteiger partial charge is 0.335 e. The van der Waals surface area contributed by atoms with Crippen molar-refractivity contribution >= 4 is 32.9 Å². The van der Waals surface area contributed by atoms with Gasteiger partial charge in [-0.3, -0.25) is 4.57 Å². The maximum Gasteiger partial charge on any atom is 0.335 e. The number of carboxylic acids is 1. The Hall–Kier alpha value is -2.14. The van der Waals surface area contributed by atoms with Crippen molar-refractivity contribution in [1.29, 1.82) is 0 Å². The van der Waals surface area contributed by atoms with Crippen LogP contribution < -0.4 is 0 Å². The third-order valence-electron chi connectivity index (χ3n) is 3.55. The molecule has 1 N–H and O–H groups in total. The van der Waals surface area contributed by atoms with Crippen LogP contribution in [0.15, 0.2) is 40.9 Å². The van der Waals surface area contributed by atoms with Gasteiger partial charge in [0, 0.05) is 4.47 Å². The van der Waals surface area contributed by atoms with Crippen molar-refractivity contribution in [2.24, 2.45) is 0 Å². The van der Waals surface area contributed by atoms with Crippen LogP contribution in [0, 0.1) is 13.8 Å². The van der Waals surface area contributed by atoms with E-state index >= 15 is 0 Å². The molecule has 0 spiro atoms. The zero-order valence-corrected chi connectivity index (χ0v) is 13.2. The van der Waals surface area contributed by atoms with Crippen LogP contribution in [0.25, 0.3) is 16.7 Å². The summed E-state index contributed by atoms with van der Waals surface area (Å²) in [6.45, 7) is 3.96. The molecule has 0 atom stereocenters. The van der Waals surface area contributed by atoms with Crippen LogP contribution >= 0.6 is 15.9 Å². The quantitative estimate of drug-likeness (QED) is 0.761. The third-order valence-corrected chi connectivity index (χ3v) is 4.41. The summed E-state index contributed by atoms with van der Waals surface area (Å²) in [6, 6.07) is 11.0. The van der Waals surface area contributed by atoms with Gasteiger partial charge in [0.05, 0.1) is 22.3 Å². The van der Waals surface area contributed by atoms with Gasteiger partial charge in [-0.05, 0) is 49.7 Å². The van der Waals surface area contributed by atoms with E-state index in [2.05, 4.69) is 20.9 Å². The number of carboxylic acid groups (broad SMARTS) is 1. The fourth-order valence-corrected chi connectivity index (χ4v) is 2.83. The minimum atomic E-state index is -0.942. The second kappa shape index (κ2) is 5.00. The summed E-state index contributed by atoms with van der Waals surface area (Å²) >= 11 is 3.54. The van der Waals surface area contributed by atoms with Crippen LogP contribution in [-0.4, -0.2) is 20.6 Å². The summed E-state index contributed by atoms with van der Waals surface area (Å²) in [5, 5.41) is 9.08. The molecule has 106 valence electrons. The van der Waals surface area contributed by atoms with Crippen LogP contribution in [0.3, 0.4) is 0 Å². The molecule has 0 amide bonds. The van der Waals surface area contributed by atoms with Crippen LogP contribution in [0.2, 0.25) is 0 Å². The summed E-state index contributed by atoms with van der Waals surface area (Å²) in [5.74, 6) is -0.114. The molecule has 0 saturated carbocycles. The molecule has 0 bridgehead atoms. The van der Waals surface area contributed by atoms with Crippen LogP contribution in [0.1, 0.15) is 21.7 Å². The first-order valence-corrected chi connectivity index (χ1v) is 7.26. The molecule has 0 aliphatic heterocycles. The summed E-state index contributed by atoms with van der Waals surface area (Å²) in [7, 11) is 0. The zero-order chi connectivity index (χ0) is 15.1. The lowest BCUT2D eigenvalue weighted by atomic mass is 10.1. The molecular formula is C16H13BrN2O2. The molecule has 0 saturated heterocycles. The van der Waals surface area contributed by atoms with Crippen molar-refractivity contribution < 1.29 is 9.90 Å². The number of rotatable bonds is 2. The Kier molecular flexibility index (Phi) is 3.29. The maximum atomic E-state index is 11.1. The molecule has 0 unspecified atom stereocenters. The molecular weight excluding hydrogens is 332 g/mol. The van der Waals surface area contributed by atoms with Gasteiger partial charge in [0.25, 0.3) is 0 Å². The molecule has 0 aliphatic carbocycles. The van der Waals surface area contributed by atoms with Gasteiger partial charge in [-0.2, -0.15) is 0 Å². The number of imidazole rings is 1. The summed E-state index contributed by atoms with van der Waals surface area (Å²) in [4.78, 5) is 15.6. The fourth-order valence-electron chi connectivity index (χ4n) is 2.48. The highest BCUT2D eigenvalue weighted by molar-refractivity contribution is 9.10. The van der Waals surface area contributed by atoms with E-state index in [0.29, 0.717) is 5.52 Å². The number of nitrogens with zero attached hydrogens (tertiary/aromatic N) is 2. The first-order valence-electron chi connectivity index (χ1n) is 6.47. The lowest BCUT2D eigenvalue weighted by Gasteiger charge is -2.11. The summed E-state index contributed by atoms with van der Waals surface area (Å²) < 4.78 is 3.07. The van der Waals surface area contributed by atoms with E-state index in [1.165, 1.54) is 0 Å². The Morgan fingerprint density at radius 2 is 2.00 bits per heavy atom. The second-order valence-corrected chi connectivity index (χ2v) is 5.74. The van der Waals surface area contributed by atoms with E-state index in [-0.39, 0.29) is 5.56 Å². The van der Waals surface area contributed by atoms with E-state index in [1.54, 1.807) is 18.2 Å². The van der Waals surface area contributed by atoms with Gasteiger partial charge in [0.15, 0.2) is 0 Å². The Labute approximate surface area is 130 Å². The number of benzene rings is 2. The number of aromatic carboxylic acids is 1. The topological polar surface area (TPSA) is 55.1 Å². The van der Waals surface area contributed by atoms with Crippen molar-refractivity contribution in [3.05, 3.63) is 57.8 Å². The molecule has 0 fully saturated rings. The molecule has 1 heterocycles. The number of hydrogen-bond acceptors (Lipinski definition) is 2. The van der Waals surface area contributed by atoms with Gasteiger partial charge in [0.1, 0.15) is 5.82 Å². The monoisotopic (exact) mass is 344 g/mol. The van der Waals surface area contributed by atoms with Crippen molar-refractivity contribution in [2.75, 3.05) is 0 Å². The first kappa shape index (κ1) is 13.8. The lowest BCUT2D eigenvalue weighted by molar-refractivity contribution is 0.0697. The van der Waals surface area contributed by atoms with E-state index < -0.39 is 5.97 Å². The summed E-state index contributed by atoms with van der Waals surface area (Å²) in [5.41, 5.74) is 3.98. The number of fused-ring (bicyclic) bond motifs is 1. The van der Waals surface area contributed by atoms with Crippen LogP contribution in [0.4, 0.5) is 0 Å². The van der Waals surface area contributed by atoms with Crippen molar-refractivity contribution in [2.45, 2.75) is 13.8 Å². The molecule has 21 heavy (non-hydrogen) atoms. The maximum absolute atomic E-state index is 11.1. The SMILES string of the molecule is Cc1c(Br)cccc1-n1c(C)nc2cc(C(=O)O)ccc21. The normalized spacial score (nSPS) is 11.0. The highest BCUT2D eigenvalue weighted by atomic mass is 79.9. The highest BCUT2D eigenvalue weighted by Crippen LogP contribution is 2.28. The Bertz CT molecular complexity index is 868. The second-order valence-electron chi connectivity index (χ2n) is 4.89. The van der Waals surface area contributed by atoms with Gasteiger partial charge < -0.3 is 5.11 Å². The predicted octanol–water partition coefficient (Wildman–Crippen LogP) is 4.10. The molecule has 1 aromatic heterocycles. The molecule has 0 radical (unpaired) electrons. The molecule has 0 aliphatic rings. The van der Waals surface area contributed by atoms with Gasteiger partial charge in [0.2, 0.25) is 0 Å². The van der Waals surface area contributed by atoms with E-state index in [4.69, 9.17) is 5.11 Å². The van der Waals surface area contributed by atoms with Gasteiger partial charge in [-0.1, -0.05) is 22.0 Å². The standard InChI is InChI=1S/C16H13BrN2O2/c1-9-12(17)4-3-5-14(9)19-10(2)18-13-8-11(16(20)21)6-7-15(13)19/h3-8H,1-2H3,(H,20,21). The van der Waals surface area contributed by atoms with E-state index in [1.807, 2.05) is 36.6 Å². The molecule has 4 nitrogen and oxygen atoms in total. The van der Waals surface area contributed by atoms with Gasteiger partial charge in [-0.25, -0.2) is 9.78 Å². The molecule has 3 rings (SSSR count). The number of halogens is 1. The predicted molar refractivity (Wildman–Crippen MR) is 85.2 cm³/mol. The van der Waals surface area contributed by atoms with Gasteiger partial charge >= 0.3 is 5.97 Å². The van der Waals surface area contributed by atoms with Crippen LogP contribution in [0.5, 0.6) is 0 Å². The van der Waals surface area contributed by atoms with E-state index in [0.717, 1.165) is 27.1 Å². The van der Waals surface area contributed by atoms with Crippen LogP contribution in [-0.2, 0) is 0 Å². The fraction of sp³-hybridized carbons (Fsp3) is 0.125. The highest BCUT2D eigenvalue weighted by Gasteiger charge is 2.14. The zero-order valence-electron chi connectivity index (χ0n) is 11.6. The van der Waals surface area contributed by atoms with Gasteiger partial charge in [-0.15, -0.1) is 0 Å². The number of aromatic nitrogens is 2. The summed E-state index contributed by atoms with van der Waals surface area (Å²) in [6.07, 6.45) is 0. The number of carbonyl (C=O) groups is 1. The average molecular weight is 345 g/mol. The molecule has 5 heteroatoms. The number of aryl methyl sites for hydroxylation is 1. The minimum absolute atomic E-state index is 0.248. The molecule has 3 aromatic rings. The minimum Gasteiger partial charge on any atom is -0.478 e. The van der Waals surface area contributed by atoms with Crippen molar-refractivity contribution in [1.82, 2.24) is 9.55 Å². The largest absolute Gasteiger partial charge is 0.478 e. The third kappa shape index (κ3) is 2.23. The Morgan fingerprint density at radius 1 is 1.24 bits per heavy atom. The van der Waals surface area contributed by atoms with Crippen molar-refractivity contribution in [3.63, 3.8) is 0 Å². The van der Waals surface area contributed by atoms with E-state index in [9.17, 15) is 4.79 Å². The Balaban J connectivity index is 2.30.